The van der Waals surface area contributed by atoms with Crippen molar-refractivity contribution in [3.8, 4) is 17.0 Å². The topological polar surface area (TPSA) is 80.3 Å². The predicted molar refractivity (Wildman–Crippen MR) is 116 cm³/mol. The Morgan fingerprint density at radius 3 is 2.62 bits per heavy atom. The lowest BCUT2D eigenvalue weighted by Gasteiger charge is -2.08. The Morgan fingerprint density at radius 2 is 1.93 bits per heavy atom. The van der Waals surface area contributed by atoms with Crippen LogP contribution < -0.4 is 15.4 Å². The van der Waals surface area contributed by atoms with E-state index in [9.17, 15) is 9.59 Å². The van der Waals surface area contributed by atoms with Gasteiger partial charge < -0.3 is 10.1 Å². The van der Waals surface area contributed by atoms with Crippen LogP contribution in [0.1, 0.15) is 22.8 Å². The number of rotatable bonds is 7. The Labute approximate surface area is 177 Å². The minimum absolute atomic E-state index is 0.0333. The molecule has 0 aliphatic carbocycles. The van der Waals surface area contributed by atoms with Crippen molar-refractivity contribution >= 4 is 39.9 Å². The van der Waals surface area contributed by atoms with Crippen LogP contribution in [0.3, 0.4) is 0 Å². The third-order valence-electron chi connectivity index (χ3n) is 4.17. The zero-order valence-electron chi connectivity index (χ0n) is 16.0. The molecule has 0 saturated carbocycles. The minimum Gasteiger partial charge on any atom is -0.496 e. The van der Waals surface area contributed by atoms with E-state index in [0.717, 1.165) is 23.2 Å². The molecule has 29 heavy (non-hydrogen) atoms. The fourth-order valence-corrected chi connectivity index (χ4v) is 3.60. The number of aromatic nitrogens is 1. The summed E-state index contributed by atoms with van der Waals surface area (Å²) in [4.78, 5) is 28.0. The highest BCUT2D eigenvalue weighted by Crippen LogP contribution is 2.27. The van der Waals surface area contributed by atoms with Gasteiger partial charge >= 0.3 is 0 Å². The maximum atomic E-state index is 12.6. The molecule has 0 aliphatic heterocycles. The molecule has 8 heteroatoms. The molecule has 2 amide bonds. The highest BCUT2D eigenvalue weighted by atomic mass is 35.5. The molecule has 3 rings (SSSR count). The fraction of sp³-hybridized carbons (Fsp3) is 0.190. The molecule has 0 bridgehead atoms. The SMILES string of the molecule is COc1ccc(Cl)cc1C(=O)Nc1nc(-c2ccc(CCNC(C)=O)cc2)cs1. The molecular formula is C21H20ClN3O3S. The van der Waals surface area contributed by atoms with Crippen LogP contribution in [0.25, 0.3) is 11.3 Å². The second-order valence-corrected chi connectivity index (χ2v) is 7.56. The molecule has 0 atom stereocenters. The first-order valence-corrected chi connectivity index (χ1v) is 10.2. The second kappa shape index (κ2) is 9.54. The average molecular weight is 430 g/mol. The third kappa shape index (κ3) is 5.56. The molecule has 2 aromatic carbocycles. The van der Waals surface area contributed by atoms with Gasteiger partial charge in [-0.25, -0.2) is 4.98 Å². The van der Waals surface area contributed by atoms with Crippen molar-refractivity contribution < 1.29 is 14.3 Å². The van der Waals surface area contributed by atoms with Crippen molar-refractivity contribution in [3.05, 3.63) is 64.0 Å². The normalized spacial score (nSPS) is 10.4. The van der Waals surface area contributed by atoms with Crippen molar-refractivity contribution in [1.82, 2.24) is 10.3 Å². The van der Waals surface area contributed by atoms with Gasteiger partial charge in [-0.2, -0.15) is 0 Å². The molecule has 0 radical (unpaired) electrons. The molecule has 1 heterocycles. The summed E-state index contributed by atoms with van der Waals surface area (Å²) in [5.74, 6) is 0.0752. The lowest BCUT2D eigenvalue weighted by Crippen LogP contribution is -2.22. The summed E-state index contributed by atoms with van der Waals surface area (Å²) in [6.07, 6.45) is 0.764. The Hall–Kier alpha value is -2.90. The van der Waals surface area contributed by atoms with Gasteiger partial charge in [-0.15, -0.1) is 11.3 Å². The van der Waals surface area contributed by atoms with Crippen molar-refractivity contribution in [3.63, 3.8) is 0 Å². The summed E-state index contributed by atoms with van der Waals surface area (Å²) in [6, 6.07) is 12.8. The van der Waals surface area contributed by atoms with Crippen LogP contribution in [-0.2, 0) is 11.2 Å². The van der Waals surface area contributed by atoms with Gasteiger partial charge in [0.15, 0.2) is 5.13 Å². The number of halogens is 1. The molecule has 0 saturated heterocycles. The standard InChI is InChI=1S/C21H20ClN3O3S/c1-13(26)23-10-9-14-3-5-15(6-4-14)18-12-29-21(24-18)25-20(27)17-11-16(22)7-8-19(17)28-2/h3-8,11-12H,9-10H2,1-2H3,(H,23,26)(H,24,25,27). The number of nitrogens with one attached hydrogen (secondary N) is 2. The molecule has 0 unspecified atom stereocenters. The first-order chi connectivity index (χ1) is 14.0. The van der Waals surface area contributed by atoms with Gasteiger partial charge in [0.05, 0.1) is 18.4 Å². The number of methoxy groups -OCH3 is 1. The molecule has 0 spiro atoms. The number of thiazole rings is 1. The van der Waals surface area contributed by atoms with Gasteiger partial charge in [0, 0.05) is 29.4 Å². The fourth-order valence-electron chi connectivity index (χ4n) is 2.71. The van der Waals surface area contributed by atoms with Crippen molar-refractivity contribution in [2.24, 2.45) is 0 Å². The summed E-state index contributed by atoms with van der Waals surface area (Å²) in [7, 11) is 1.50. The van der Waals surface area contributed by atoms with Crippen LogP contribution in [-0.4, -0.2) is 30.5 Å². The number of amides is 2. The number of benzene rings is 2. The lowest BCUT2D eigenvalue weighted by atomic mass is 10.1. The molecule has 0 fully saturated rings. The molecule has 150 valence electrons. The summed E-state index contributed by atoms with van der Waals surface area (Å²) < 4.78 is 5.23. The first-order valence-electron chi connectivity index (χ1n) is 8.90. The summed E-state index contributed by atoms with van der Waals surface area (Å²) >= 11 is 7.34. The number of carbonyl (C=O) groups is 2. The van der Waals surface area contributed by atoms with Gasteiger partial charge in [-0.05, 0) is 30.2 Å². The van der Waals surface area contributed by atoms with Crippen molar-refractivity contribution in [2.75, 3.05) is 19.0 Å². The van der Waals surface area contributed by atoms with Crippen LogP contribution in [0.15, 0.2) is 47.8 Å². The zero-order valence-corrected chi connectivity index (χ0v) is 17.6. The lowest BCUT2D eigenvalue weighted by molar-refractivity contribution is -0.118. The van der Waals surface area contributed by atoms with E-state index in [1.165, 1.54) is 25.4 Å². The molecule has 2 N–H and O–H groups in total. The molecule has 6 nitrogen and oxygen atoms in total. The molecule has 0 aliphatic rings. The van der Waals surface area contributed by atoms with Gasteiger partial charge in [0.25, 0.3) is 5.91 Å². The predicted octanol–water partition coefficient (Wildman–Crippen LogP) is 4.40. The van der Waals surface area contributed by atoms with Gasteiger partial charge in [0.2, 0.25) is 5.91 Å². The summed E-state index contributed by atoms with van der Waals surface area (Å²) in [6.45, 7) is 2.11. The van der Waals surface area contributed by atoms with Crippen LogP contribution >= 0.6 is 22.9 Å². The highest BCUT2D eigenvalue weighted by Gasteiger charge is 2.15. The van der Waals surface area contributed by atoms with Crippen molar-refractivity contribution in [1.29, 1.82) is 0 Å². The Morgan fingerprint density at radius 1 is 1.17 bits per heavy atom. The molecular weight excluding hydrogens is 410 g/mol. The van der Waals surface area contributed by atoms with Crippen LogP contribution in [0.5, 0.6) is 5.75 Å². The van der Waals surface area contributed by atoms with E-state index in [0.29, 0.717) is 28.0 Å². The van der Waals surface area contributed by atoms with Crippen LogP contribution in [0.4, 0.5) is 5.13 Å². The van der Waals surface area contributed by atoms with E-state index in [1.807, 2.05) is 29.6 Å². The number of nitrogens with zero attached hydrogens (tertiary/aromatic N) is 1. The summed E-state index contributed by atoms with van der Waals surface area (Å²) in [5, 5.41) is 8.40. The summed E-state index contributed by atoms with van der Waals surface area (Å²) in [5.41, 5.74) is 3.20. The largest absolute Gasteiger partial charge is 0.496 e. The molecule has 3 aromatic rings. The van der Waals surface area contributed by atoms with Crippen molar-refractivity contribution in [2.45, 2.75) is 13.3 Å². The van der Waals surface area contributed by atoms with Gasteiger partial charge in [-0.3, -0.25) is 14.9 Å². The second-order valence-electron chi connectivity index (χ2n) is 6.27. The third-order valence-corrected chi connectivity index (χ3v) is 5.16. The number of hydrogen-bond acceptors (Lipinski definition) is 5. The number of ether oxygens (including phenoxy) is 1. The smallest absolute Gasteiger partial charge is 0.261 e. The maximum Gasteiger partial charge on any atom is 0.261 e. The first kappa shape index (κ1) is 20.8. The average Bonchev–Trinajstić information content (AvgIpc) is 3.16. The number of anilines is 1. The van der Waals surface area contributed by atoms with E-state index in [4.69, 9.17) is 16.3 Å². The molecule has 1 aromatic heterocycles. The zero-order chi connectivity index (χ0) is 20.8. The number of carbonyl (C=O) groups excluding carboxylic acids is 2. The van der Waals surface area contributed by atoms with E-state index in [-0.39, 0.29) is 11.8 Å². The number of hydrogen-bond donors (Lipinski definition) is 2. The maximum absolute atomic E-state index is 12.6. The van der Waals surface area contributed by atoms with Crippen LogP contribution in [0, 0.1) is 0 Å². The Kier molecular flexibility index (Phi) is 6.85. The highest BCUT2D eigenvalue weighted by molar-refractivity contribution is 7.14. The van der Waals surface area contributed by atoms with E-state index < -0.39 is 0 Å². The van der Waals surface area contributed by atoms with Gasteiger partial charge in [0.1, 0.15) is 5.75 Å². The quantitative estimate of drug-likeness (QED) is 0.583. The monoisotopic (exact) mass is 429 g/mol. The van der Waals surface area contributed by atoms with E-state index in [1.54, 1.807) is 18.2 Å². The Balaban J connectivity index is 1.67. The van der Waals surface area contributed by atoms with Gasteiger partial charge in [-0.1, -0.05) is 35.9 Å². The van der Waals surface area contributed by atoms with Crippen LogP contribution in [0.2, 0.25) is 5.02 Å². The van der Waals surface area contributed by atoms with E-state index in [2.05, 4.69) is 15.6 Å². The van der Waals surface area contributed by atoms with E-state index >= 15 is 0 Å². The minimum atomic E-state index is -0.335. The Bertz CT molecular complexity index is 1020.